The maximum absolute atomic E-state index is 11.6. The molecule has 0 aliphatic heterocycles. The van der Waals surface area contributed by atoms with Crippen molar-refractivity contribution in [2.75, 3.05) is 14.2 Å². The Bertz CT molecular complexity index is 4960. The van der Waals surface area contributed by atoms with E-state index in [1.807, 2.05) is 97.2 Å². The Balaban J connectivity index is 0.000000285. The van der Waals surface area contributed by atoms with E-state index < -0.39 is 19.4 Å². The van der Waals surface area contributed by atoms with Crippen LogP contribution in [0.5, 0.6) is 40.2 Å². The number of alkyl halides is 1. The average Bonchev–Trinajstić information content (AvgIpc) is 1.62. The number of aliphatic hydroxyl groups excluding tert-OH is 4. The number of aromatic nitrogens is 5. The third-order valence-electron chi connectivity index (χ3n) is 16.6. The van der Waals surface area contributed by atoms with Gasteiger partial charge in [-0.2, -0.15) is 0 Å². The van der Waals surface area contributed by atoms with Crippen molar-refractivity contribution in [2.24, 2.45) is 0 Å². The van der Waals surface area contributed by atoms with E-state index in [2.05, 4.69) is 116 Å². The van der Waals surface area contributed by atoms with Crippen LogP contribution in [0.25, 0.3) is 11.0 Å². The summed E-state index contributed by atoms with van der Waals surface area (Å²) in [6.07, 6.45) is 11.5. The summed E-state index contributed by atoms with van der Waals surface area (Å²) in [4.78, 5) is 59.8. The van der Waals surface area contributed by atoms with Gasteiger partial charge in [-0.15, -0.1) is 0 Å². The Hall–Kier alpha value is -9.07. The highest BCUT2D eigenvalue weighted by Gasteiger charge is 2.46. The second kappa shape index (κ2) is 51.1. The number of aromatic hydroxyl groups is 1. The highest BCUT2D eigenvalue weighted by molar-refractivity contribution is 14.1. The fraction of sp³-hybridized carbons (Fsp3) is 0.259. The van der Waals surface area contributed by atoms with E-state index in [0.717, 1.165) is 44.9 Å². The fourth-order valence-corrected chi connectivity index (χ4v) is 19.7. The van der Waals surface area contributed by atoms with Crippen molar-refractivity contribution in [1.29, 1.82) is 0 Å². The molecule has 12 aromatic rings. The summed E-state index contributed by atoms with van der Waals surface area (Å²) < 4.78 is 45.8. The first-order chi connectivity index (χ1) is 54.2. The number of aromatic amines is 1. The van der Waals surface area contributed by atoms with Gasteiger partial charge in [0.05, 0.1) is 45.5 Å². The first kappa shape index (κ1) is 98.3. The molecule has 0 aliphatic carbocycles. The van der Waals surface area contributed by atoms with E-state index in [-0.39, 0.29) is 81.8 Å². The van der Waals surface area contributed by atoms with Crippen molar-refractivity contribution >= 4 is 122 Å². The zero-order valence-corrected chi connectivity index (χ0v) is 71.4. The number of hydrogen-bond acceptors (Lipinski definition) is 20. The number of rotatable bonds is 24. The smallest absolute Gasteiger partial charge is 0.227 e. The van der Waals surface area contributed by atoms with Gasteiger partial charge in [0.25, 0.3) is 0 Å². The molecular weight excluding hydrogens is 1780 g/mol. The van der Waals surface area contributed by atoms with Gasteiger partial charge >= 0.3 is 0 Å². The lowest BCUT2D eigenvalue weighted by atomic mass is 10.2. The van der Waals surface area contributed by atoms with Gasteiger partial charge in [0.2, 0.25) is 22.0 Å². The van der Waals surface area contributed by atoms with Gasteiger partial charge in [-0.1, -0.05) is 191 Å². The van der Waals surface area contributed by atoms with Crippen LogP contribution in [0.1, 0.15) is 118 Å². The molecule has 7 heterocycles. The molecule has 5 aromatic carbocycles. The first-order valence-electron chi connectivity index (χ1n) is 34.7. The number of carbonyl (C=O) groups excluding carboxylic acids is 1. The Morgan fingerprint density at radius 2 is 0.922 bits per heavy atom. The molecule has 0 aliphatic rings. The van der Waals surface area contributed by atoms with Crippen LogP contribution in [0.2, 0.25) is 41.7 Å². The lowest BCUT2D eigenvalue weighted by molar-refractivity contribution is 0.111. The summed E-state index contributed by atoms with van der Waals surface area (Å²) in [7, 11) is 1.36. The number of benzene rings is 5. The Kier molecular flexibility index (Phi) is 43.7. The summed E-state index contributed by atoms with van der Waals surface area (Å²) in [6.45, 7) is 14.7. The van der Waals surface area contributed by atoms with Gasteiger partial charge in [0, 0.05) is 94.0 Å². The van der Waals surface area contributed by atoms with Gasteiger partial charge in [0.1, 0.15) is 75.0 Å². The van der Waals surface area contributed by atoms with Crippen LogP contribution in [-0.2, 0) is 58.2 Å². The maximum atomic E-state index is 11.6. The molecule has 0 spiro atoms. The van der Waals surface area contributed by atoms with Crippen molar-refractivity contribution in [3.05, 3.63) is 323 Å². The lowest BCUT2D eigenvalue weighted by Gasteiger charge is -2.44. The Morgan fingerprint density at radius 3 is 1.31 bits per heavy atom. The van der Waals surface area contributed by atoms with E-state index in [4.69, 9.17) is 121 Å². The zero-order chi connectivity index (χ0) is 82.6. The molecule has 6 N–H and O–H groups in total. The van der Waals surface area contributed by atoms with Gasteiger partial charge in [-0.3, -0.25) is 24.2 Å². The van der Waals surface area contributed by atoms with Crippen molar-refractivity contribution in [3.8, 4) is 40.2 Å². The van der Waals surface area contributed by atoms with Crippen LogP contribution in [0.3, 0.4) is 0 Å². The fourth-order valence-electron chi connectivity index (χ4n) is 11.1. The van der Waals surface area contributed by atoms with Crippen molar-refractivity contribution < 1.29 is 67.6 Å². The van der Waals surface area contributed by atoms with Crippen LogP contribution < -0.4 is 44.7 Å². The van der Waals surface area contributed by atoms with Gasteiger partial charge in [0.15, 0.2) is 49.0 Å². The molecule has 0 saturated heterocycles. The molecule has 0 unspecified atom stereocenters. The zero-order valence-electron chi connectivity index (χ0n) is 62.9. The third kappa shape index (κ3) is 31.1. The van der Waals surface area contributed by atoms with Crippen molar-refractivity contribution in [1.82, 2.24) is 24.2 Å². The summed E-state index contributed by atoms with van der Waals surface area (Å²) in [6, 6.07) is 47.8. The minimum atomic E-state index is -1.70. The van der Waals surface area contributed by atoms with E-state index in [0.29, 0.717) is 103 Å². The quantitative estimate of drug-likeness (QED) is 0.0142. The number of aldehydes is 1. The molecule has 0 saturated carbocycles. The second-order valence-corrected chi connectivity index (χ2v) is 34.8. The highest BCUT2D eigenvalue weighted by atomic mass is 127. The Morgan fingerprint density at radius 1 is 0.513 bits per heavy atom. The number of carbonyl (C=O) groups is 1. The van der Waals surface area contributed by atoms with Crippen LogP contribution in [-0.4, -0.2) is 78.4 Å². The number of fused-ring (bicyclic) bond motifs is 1. The molecule has 0 bridgehead atoms. The minimum absolute atomic E-state index is 0. The predicted molar refractivity (Wildman–Crippen MR) is 469 cm³/mol. The molecular formula is C85H94BrCl5IN5O17Si. The largest absolute Gasteiger partial charge is 0.502 e. The highest BCUT2D eigenvalue weighted by Crippen LogP contribution is 2.45. The number of aliphatic hydroxyl groups is 4. The van der Waals surface area contributed by atoms with Crippen molar-refractivity contribution in [3.63, 3.8) is 0 Å². The van der Waals surface area contributed by atoms with Crippen LogP contribution in [0.15, 0.2) is 231 Å². The SMILES string of the molecule is C.C.CC(C)[Si](C(C)C)(C(C)C)n1cc(I)c2cccnc21.COc1cc(C=O)ncc1OCc1ccc(Cl)cc1.COc1cc(CO)ncc1OCc1ccc(Cl)cc1.Clc1ccc(CBr)cc1.O=c1cc(CO)[nH]cc1OCc1ccc(Cl)cc1.O=c1cc(CO)occ1O.O=c1cc(CO)occ1OCc1ccc(Cl)cc1. The van der Waals surface area contributed by atoms with Gasteiger partial charge in [-0.25, -0.2) is 9.97 Å². The summed E-state index contributed by atoms with van der Waals surface area (Å²) in [5.41, 5.74) is 8.46. The molecule has 7 aromatic heterocycles. The van der Waals surface area contributed by atoms with E-state index in [9.17, 15) is 19.2 Å². The molecule has 0 amide bonds. The molecule has 30 heteroatoms. The van der Waals surface area contributed by atoms with Crippen molar-refractivity contribution in [2.45, 2.75) is 131 Å². The summed E-state index contributed by atoms with van der Waals surface area (Å²) in [5.74, 6) is 2.29. The monoisotopic (exact) mass is 1870 g/mol. The maximum Gasteiger partial charge on any atom is 0.227 e. The van der Waals surface area contributed by atoms with Crippen LogP contribution in [0, 0.1) is 3.57 Å². The standard InChI is InChI=1S/C16H25IN2Si.C14H14ClNO3.C14H12ClNO3.C13H12ClNO3.C13H11ClO4.C7H6BrCl.C6H6O4.2CH4/c1-11(2)20(12(3)4,13(5)6)19-10-15(17)14-8-7-9-18-16(14)19;2*1-18-13-6-12(8-17)16-7-14(13)19-9-10-2-4-11(15)5-3-10;14-10-3-1-9(2-4-10)8-18-13-6-15-11(7-16)5-12(13)17;14-10-3-1-9(2-4-10)7-18-13-8-17-11(6-15)5-12(13)16;8-5-6-1-3-7(9)4-2-6;7-2-4-1-5(8)6(9)3-10-4;;/h7-13H,1-6H3;2-7,17H,8-9H2,1H3;2-8H,9H2,1H3;1-6,16H,7-8H2,(H,15,17);1-5,8,15H,6-7H2;1-4H,5H2;1,3,7,9H,2H2;2*1H4. The lowest BCUT2D eigenvalue weighted by Crippen LogP contribution is -2.51. The molecule has 614 valence electrons. The Labute approximate surface area is 716 Å². The number of nitrogens with one attached hydrogen (secondary N) is 1. The molecule has 115 heavy (non-hydrogen) atoms. The number of nitrogens with zero attached hydrogens (tertiary/aromatic N) is 4. The van der Waals surface area contributed by atoms with Gasteiger partial charge < -0.3 is 72.0 Å². The topological polar surface area (TPSA) is 310 Å². The van der Waals surface area contributed by atoms with Crippen LogP contribution >= 0.6 is 96.5 Å². The number of hydrogen-bond donors (Lipinski definition) is 6. The molecule has 12 rings (SSSR count). The second-order valence-electron chi connectivity index (χ2n) is 25.2. The van der Waals surface area contributed by atoms with E-state index in [1.165, 1.54) is 64.1 Å². The number of pyridine rings is 4. The summed E-state index contributed by atoms with van der Waals surface area (Å²) in [5, 5.41) is 49.4. The van der Waals surface area contributed by atoms with Crippen LogP contribution in [0.4, 0.5) is 0 Å². The van der Waals surface area contributed by atoms with E-state index >= 15 is 0 Å². The molecule has 0 fully saturated rings. The summed E-state index contributed by atoms with van der Waals surface area (Å²) >= 11 is 34.6. The third-order valence-corrected chi connectivity index (χ3v) is 26.1. The van der Waals surface area contributed by atoms with E-state index in [1.54, 1.807) is 55.8 Å². The normalized spacial score (nSPS) is 10.5. The number of halogens is 7. The number of ether oxygens (including phenoxy) is 6. The molecule has 0 atom stereocenters. The van der Waals surface area contributed by atoms with Gasteiger partial charge in [-0.05, 0) is 140 Å². The first-order valence-corrected chi connectivity index (χ1v) is 41.0. The number of H-pyrrole nitrogens is 1. The minimum Gasteiger partial charge on any atom is -0.502 e. The predicted octanol–water partition coefficient (Wildman–Crippen LogP) is 20.4. The molecule has 22 nitrogen and oxygen atoms in total. The average molecular weight is 1870 g/mol. The number of methoxy groups -OCH3 is 2. The molecule has 0 radical (unpaired) electrons.